The maximum absolute atomic E-state index is 13.5. The molecule has 1 aromatic heterocycles. The van der Waals surface area contributed by atoms with Crippen molar-refractivity contribution in [1.82, 2.24) is 9.27 Å². The number of nitrogens with zero attached hydrogens (tertiary/aromatic N) is 4. The number of anilines is 1. The van der Waals surface area contributed by atoms with Crippen LogP contribution in [0, 0.1) is 35.5 Å². The highest BCUT2D eigenvalue weighted by molar-refractivity contribution is 7.13. The van der Waals surface area contributed by atoms with Gasteiger partial charge in [0.15, 0.2) is 5.82 Å². The lowest BCUT2D eigenvalue weighted by molar-refractivity contribution is -0.951. The average molecular weight is 536 g/mol. The number of benzene rings is 1. The first-order chi connectivity index (χ1) is 18.4. The van der Waals surface area contributed by atoms with Gasteiger partial charge in [0, 0.05) is 17.8 Å². The molecule has 2 aliphatic heterocycles. The molecule has 3 saturated carbocycles. The molecule has 5 unspecified atom stereocenters. The minimum Gasteiger partial charge on any atom is -0.344 e. The first-order valence-electron chi connectivity index (χ1n) is 15.3. The number of aromatic nitrogens is 1. The van der Waals surface area contributed by atoms with Crippen LogP contribution >= 0.6 is 11.5 Å². The second-order valence-electron chi connectivity index (χ2n) is 13.4. The van der Waals surface area contributed by atoms with Crippen LogP contribution in [0.2, 0.25) is 0 Å². The fraction of sp³-hybridized carbons (Fsp3) is 0.710. The molecule has 0 spiro atoms. The number of carbonyl (C=O) groups is 2. The van der Waals surface area contributed by atoms with Gasteiger partial charge in [-0.2, -0.15) is 4.37 Å². The zero-order valence-corrected chi connectivity index (χ0v) is 23.9. The van der Waals surface area contributed by atoms with Crippen molar-refractivity contribution >= 4 is 39.3 Å². The highest BCUT2D eigenvalue weighted by Gasteiger charge is 2.61. The molecule has 3 heterocycles. The number of piperazine rings is 1. The van der Waals surface area contributed by atoms with E-state index in [2.05, 4.69) is 43.0 Å². The molecule has 3 aliphatic carbocycles. The van der Waals surface area contributed by atoms with Crippen molar-refractivity contribution in [1.29, 1.82) is 0 Å². The number of rotatable bonds is 6. The van der Waals surface area contributed by atoms with Gasteiger partial charge < -0.3 is 9.38 Å². The zero-order valence-electron chi connectivity index (χ0n) is 23.1. The summed E-state index contributed by atoms with van der Waals surface area (Å²) in [5.74, 6) is 3.59. The molecule has 6 atom stereocenters. The van der Waals surface area contributed by atoms with E-state index in [4.69, 9.17) is 4.37 Å². The van der Waals surface area contributed by atoms with Crippen LogP contribution in [0.3, 0.4) is 0 Å². The normalized spacial score (nSPS) is 34.6. The molecule has 2 amide bonds. The number of likely N-dealkylation sites (tertiary alicyclic amines) is 1. The lowest BCUT2D eigenvalue weighted by Gasteiger charge is -2.51. The molecule has 2 aromatic rings. The van der Waals surface area contributed by atoms with E-state index in [0.717, 1.165) is 55.7 Å². The molecule has 38 heavy (non-hydrogen) atoms. The Hall–Kier alpha value is -1.99. The van der Waals surface area contributed by atoms with Crippen LogP contribution in [0.15, 0.2) is 24.3 Å². The lowest BCUT2D eigenvalue weighted by atomic mass is 9.77. The first-order valence-corrected chi connectivity index (χ1v) is 16.0. The Balaban J connectivity index is 1.05. The van der Waals surface area contributed by atoms with Gasteiger partial charge in [0.2, 0.25) is 11.8 Å². The van der Waals surface area contributed by atoms with Gasteiger partial charge in [-0.05, 0) is 87.4 Å². The van der Waals surface area contributed by atoms with Gasteiger partial charge in [-0.25, -0.2) is 0 Å². The fourth-order valence-corrected chi connectivity index (χ4v) is 10.00. The molecular weight excluding hydrogens is 492 g/mol. The average Bonchev–Trinajstić information content (AvgIpc) is 3.70. The number of fused-ring (bicyclic) bond motifs is 6. The maximum Gasteiger partial charge on any atom is 0.233 e. The number of amides is 2. The van der Waals surface area contributed by atoms with Gasteiger partial charge in [0.05, 0.1) is 55.3 Å². The predicted molar refractivity (Wildman–Crippen MR) is 152 cm³/mol. The van der Waals surface area contributed by atoms with Gasteiger partial charge in [0.25, 0.3) is 0 Å². The summed E-state index contributed by atoms with van der Waals surface area (Å²) in [5.41, 5.74) is 0. The number of hydrogen-bond acceptors (Lipinski definition) is 5. The highest BCUT2D eigenvalue weighted by atomic mass is 32.1. The molecule has 5 fully saturated rings. The topological polar surface area (TPSA) is 53.5 Å². The molecule has 6 nitrogen and oxygen atoms in total. The summed E-state index contributed by atoms with van der Waals surface area (Å²) in [7, 11) is 0. The molecule has 0 N–H and O–H groups in total. The Morgan fingerprint density at radius 1 is 0.947 bits per heavy atom. The Labute approximate surface area is 231 Å². The number of hydrogen-bond donors (Lipinski definition) is 0. The van der Waals surface area contributed by atoms with E-state index in [0.29, 0.717) is 36.3 Å². The summed E-state index contributed by atoms with van der Waals surface area (Å²) in [6.45, 7) is 11.0. The van der Waals surface area contributed by atoms with Crippen LogP contribution in [0.25, 0.3) is 10.1 Å². The standard InChI is InChI=1S/C31H43N4O2S/c1-20(2)35(15-13-33(14-16-35)29-25-9-5-6-10-26(25)38-32-29)19-24-8-4-3-7-23(24)18-34-30(36)27-21-11-12-22(17-21)28(27)31(34)37/h5-6,9-10,20-24,27-28H,3-4,7-8,11-19H2,1-2H3/q+1/t21?,22?,23?,24-,27?,28?/m0/s1. The Morgan fingerprint density at radius 3 is 2.29 bits per heavy atom. The van der Waals surface area contributed by atoms with Crippen LogP contribution in [-0.2, 0) is 9.59 Å². The van der Waals surface area contributed by atoms with Crippen molar-refractivity contribution in [2.45, 2.75) is 64.8 Å². The molecule has 7 rings (SSSR count). The van der Waals surface area contributed by atoms with E-state index in [1.807, 2.05) is 0 Å². The molecular formula is C31H43N4O2S+. The third-order valence-electron chi connectivity index (χ3n) is 11.5. The van der Waals surface area contributed by atoms with Crippen molar-refractivity contribution in [2.75, 3.05) is 44.2 Å². The molecule has 5 aliphatic rings. The van der Waals surface area contributed by atoms with E-state index >= 15 is 0 Å². The minimum absolute atomic E-state index is 0.0206. The Kier molecular flexibility index (Phi) is 6.31. The monoisotopic (exact) mass is 535 g/mol. The fourth-order valence-electron chi connectivity index (χ4n) is 9.20. The molecule has 7 heteroatoms. The SMILES string of the molecule is CC(C)[N+]1(C[C@@H]2CCCCC2CN2C(=O)C3C4CCC(C4)C3C2=O)CCN(c2nsc3ccccc23)CC1. The second-order valence-corrected chi connectivity index (χ2v) is 14.2. The Morgan fingerprint density at radius 2 is 1.61 bits per heavy atom. The van der Waals surface area contributed by atoms with E-state index < -0.39 is 0 Å². The Bertz CT molecular complexity index is 1190. The van der Waals surface area contributed by atoms with Crippen molar-refractivity contribution in [3.05, 3.63) is 24.3 Å². The number of quaternary nitrogens is 1. The zero-order chi connectivity index (χ0) is 26.0. The van der Waals surface area contributed by atoms with Gasteiger partial charge >= 0.3 is 0 Å². The number of carbonyl (C=O) groups excluding carboxylic acids is 2. The summed E-state index contributed by atoms with van der Waals surface area (Å²) in [6, 6.07) is 9.17. The second kappa shape index (κ2) is 9.58. The van der Waals surface area contributed by atoms with Gasteiger partial charge in [-0.15, -0.1) is 0 Å². The smallest absolute Gasteiger partial charge is 0.233 e. The van der Waals surface area contributed by atoms with Crippen LogP contribution < -0.4 is 4.90 Å². The summed E-state index contributed by atoms with van der Waals surface area (Å²) in [4.78, 5) is 31.2. The van der Waals surface area contributed by atoms with Crippen molar-refractivity contribution in [2.24, 2.45) is 35.5 Å². The molecule has 1 aromatic carbocycles. The van der Waals surface area contributed by atoms with Crippen molar-refractivity contribution < 1.29 is 14.1 Å². The van der Waals surface area contributed by atoms with E-state index in [9.17, 15) is 9.59 Å². The summed E-state index contributed by atoms with van der Waals surface area (Å²) in [5, 5.41) is 1.28. The molecule has 2 saturated heterocycles. The highest BCUT2D eigenvalue weighted by Crippen LogP contribution is 2.56. The first kappa shape index (κ1) is 25.0. The van der Waals surface area contributed by atoms with Gasteiger partial charge in [0.1, 0.15) is 0 Å². The minimum atomic E-state index is 0.0206. The number of imide groups is 1. The summed E-state index contributed by atoms with van der Waals surface area (Å²) in [6.07, 6.45) is 8.37. The third kappa shape index (κ3) is 3.94. The van der Waals surface area contributed by atoms with Crippen LogP contribution in [-0.4, -0.2) is 70.9 Å². The van der Waals surface area contributed by atoms with Gasteiger partial charge in [-0.1, -0.05) is 25.0 Å². The molecule has 0 radical (unpaired) electrons. The summed E-state index contributed by atoms with van der Waals surface area (Å²) >= 11 is 1.61. The van der Waals surface area contributed by atoms with Gasteiger partial charge in [-0.3, -0.25) is 14.5 Å². The predicted octanol–water partition coefficient (Wildman–Crippen LogP) is 5.18. The van der Waals surface area contributed by atoms with Crippen LogP contribution in [0.5, 0.6) is 0 Å². The van der Waals surface area contributed by atoms with E-state index in [-0.39, 0.29) is 23.7 Å². The van der Waals surface area contributed by atoms with E-state index in [1.54, 1.807) is 16.4 Å². The third-order valence-corrected chi connectivity index (χ3v) is 12.3. The van der Waals surface area contributed by atoms with E-state index in [1.165, 1.54) is 42.3 Å². The quantitative estimate of drug-likeness (QED) is 0.378. The van der Waals surface area contributed by atoms with Crippen molar-refractivity contribution in [3.63, 3.8) is 0 Å². The lowest BCUT2D eigenvalue weighted by Crippen LogP contribution is -2.65. The molecule has 2 bridgehead atoms. The van der Waals surface area contributed by atoms with Crippen LogP contribution in [0.4, 0.5) is 5.82 Å². The maximum atomic E-state index is 13.5. The van der Waals surface area contributed by atoms with Crippen LogP contribution in [0.1, 0.15) is 58.8 Å². The summed E-state index contributed by atoms with van der Waals surface area (Å²) < 4.78 is 7.26. The largest absolute Gasteiger partial charge is 0.344 e. The van der Waals surface area contributed by atoms with Crippen molar-refractivity contribution in [3.8, 4) is 0 Å². The molecule has 204 valence electrons.